The fourth-order valence-corrected chi connectivity index (χ4v) is 4.34. The first kappa shape index (κ1) is 21.4. The lowest BCUT2D eigenvalue weighted by molar-refractivity contribution is 0.413. The van der Waals surface area contributed by atoms with E-state index in [1.54, 1.807) is 24.2 Å². The Morgan fingerprint density at radius 2 is 1.94 bits per heavy atom. The molecule has 0 saturated heterocycles. The highest BCUT2D eigenvalue weighted by Gasteiger charge is 2.25. The summed E-state index contributed by atoms with van der Waals surface area (Å²) in [5.74, 6) is 0.299. The third-order valence-corrected chi connectivity index (χ3v) is 5.87. The van der Waals surface area contributed by atoms with Gasteiger partial charge < -0.3 is 14.6 Å². The summed E-state index contributed by atoms with van der Waals surface area (Å²) >= 11 is 5.93. The average Bonchev–Trinajstić information content (AvgIpc) is 3.33. The molecule has 2 aromatic heterocycles. The lowest BCUT2D eigenvalue weighted by Crippen LogP contribution is -2.09. The van der Waals surface area contributed by atoms with Gasteiger partial charge in [-0.25, -0.2) is 18.4 Å². The molecule has 0 amide bonds. The van der Waals surface area contributed by atoms with E-state index < -0.39 is 11.6 Å². The van der Waals surface area contributed by atoms with Crippen molar-refractivity contribution in [2.24, 2.45) is 0 Å². The van der Waals surface area contributed by atoms with Gasteiger partial charge in [0.1, 0.15) is 34.7 Å². The van der Waals surface area contributed by atoms with Crippen molar-refractivity contribution in [1.29, 1.82) is 0 Å². The number of aryl methyl sites for hydroxylation is 1. The standard InChI is InChI=1S/C23H21ClF2N6O/c1-33-20-11-17(5-6-19(20)31-12-21(24)27-13-31)28-23-29-22-18(4-2-3-7-32(22)30-23)14-8-15(25)10-16(26)9-14/h5-6,8-13,18H,2-4,7H2,1H3,(H,28,30). The molecule has 0 fully saturated rings. The number of methoxy groups -OCH3 is 1. The average molecular weight is 471 g/mol. The van der Waals surface area contributed by atoms with Gasteiger partial charge in [0.2, 0.25) is 5.95 Å². The number of hydrogen-bond acceptors (Lipinski definition) is 5. The molecule has 0 radical (unpaired) electrons. The van der Waals surface area contributed by atoms with Gasteiger partial charge in [-0.05, 0) is 42.7 Å². The molecule has 3 heterocycles. The Balaban J connectivity index is 1.45. The lowest BCUT2D eigenvalue weighted by Gasteiger charge is -2.14. The van der Waals surface area contributed by atoms with Crippen molar-refractivity contribution in [3.8, 4) is 11.4 Å². The maximum absolute atomic E-state index is 13.9. The second-order valence-electron chi connectivity index (χ2n) is 7.88. The predicted molar refractivity (Wildman–Crippen MR) is 120 cm³/mol. The number of imidazole rings is 1. The Kier molecular flexibility index (Phi) is 5.72. The maximum Gasteiger partial charge on any atom is 0.246 e. The number of halogens is 3. The quantitative estimate of drug-likeness (QED) is 0.419. The van der Waals surface area contributed by atoms with Crippen LogP contribution in [-0.2, 0) is 6.54 Å². The van der Waals surface area contributed by atoms with Crippen LogP contribution in [0.1, 0.15) is 36.6 Å². The molecule has 0 aliphatic carbocycles. The molecule has 0 bridgehead atoms. The first-order valence-electron chi connectivity index (χ1n) is 10.6. The molecule has 170 valence electrons. The third kappa shape index (κ3) is 4.41. The zero-order valence-electron chi connectivity index (χ0n) is 17.8. The zero-order chi connectivity index (χ0) is 22.9. The minimum atomic E-state index is -0.593. The molecule has 4 aromatic rings. The van der Waals surface area contributed by atoms with Crippen molar-refractivity contribution in [3.63, 3.8) is 0 Å². The summed E-state index contributed by atoms with van der Waals surface area (Å²) in [6.07, 6.45) is 5.89. The van der Waals surface area contributed by atoms with Crippen LogP contribution in [0, 0.1) is 11.6 Å². The molecule has 10 heteroatoms. The summed E-state index contributed by atoms with van der Waals surface area (Å²) in [6.45, 7) is 0.696. The highest BCUT2D eigenvalue weighted by Crippen LogP contribution is 2.34. The molecule has 1 aliphatic rings. The van der Waals surface area contributed by atoms with E-state index in [9.17, 15) is 8.78 Å². The summed E-state index contributed by atoms with van der Waals surface area (Å²) in [6, 6.07) is 9.20. The van der Waals surface area contributed by atoms with Gasteiger partial charge in [0.05, 0.1) is 12.8 Å². The van der Waals surface area contributed by atoms with Crippen molar-refractivity contribution in [3.05, 3.63) is 77.1 Å². The molecule has 1 unspecified atom stereocenters. The number of anilines is 2. The van der Waals surface area contributed by atoms with Crippen molar-refractivity contribution in [2.75, 3.05) is 12.4 Å². The van der Waals surface area contributed by atoms with Crippen LogP contribution < -0.4 is 10.1 Å². The predicted octanol–water partition coefficient (Wildman–Crippen LogP) is 5.46. The summed E-state index contributed by atoms with van der Waals surface area (Å²) in [5, 5.41) is 8.20. The Labute approximate surface area is 194 Å². The summed E-state index contributed by atoms with van der Waals surface area (Å²) in [4.78, 5) is 8.72. The van der Waals surface area contributed by atoms with E-state index in [2.05, 4.69) is 20.4 Å². The number of nitrogens with one attached hydrogen (secondary N) is 1. The van der Waals surface area contributed by atoms with E-state index in [1.165, 1.54) is 12.1 Å². The van der Waals surface area contributed by atoms with E-state index in [0.29, 0.717) is 34.8 Å². The van der Waals surface area contributed by atoms with Crippen LogP contribution in [0.4, 0.5) is 20.4 Å². The normalized spacial score (nSPS) is 15.7. The Morgan fingerprint density at radius 1 is 1.12 bits per heavy atom. The molecule has 0 saturated carbocycles. The minimum Gasteiger partial charge on any atom is -0.494 e. The van der Waals surface area contributed by atoms with E-state index in [-0.39, 0.29) is 5.92 Å². The number of rotatable bonds is 5. The van der Waals surface area contributed by atoms with Crippen molar-refractivity contribution >= 4 is 23.2 Å². The smallest absolute Gasteiger partial charge is 0.246 e. The van der Waals surface area contributed by atoms with E-state index >= 15 is 0 Å². The number of fused-ring (bicyclic) bond motifs is 1. The van der Waals surface area contributed by atoms with Gasteiger partial charge in [0.25, 0.3) is 0 Å². The SMILES string of the molecule is COc1cc(Nc2nc3n(n2)CCCCC3c2cc(F)cc(F)c2)ccc1-n1cnc(Cl)c1. The molecule has 1 aliphatic heterocycles. The van der Waals surface area contributed by atoms with Crippen LogP contribution in [0.2, 0.25) is 5.15 Å². The van der Waals surface area contributed by atoms with Crippen LogP contribution in [0.25, 0.3) is 5.69 Å². The van der Waals surface area contributed by atoms with E-state index in [0.717, 1.165) is 36.7 Å². The molecule has 2 aromatic carbocycles. The van der Waals surface area contributed by atoms with Gasteiger partial charge in [-0.1, -0.05) is 18.0 Å². The minimum absolute atomic E-state index is 0.233. The van der Waals surface area contributed by atoms with Crippen molar-refractivity contribution < 1.29 is 13.5 Å². The van der Waals surface area contributed by atoms with E-state index in [4.69, 9.17) is 16.3 Å². The number of nitrogens with zero attached hydrogens (tertiary/aromatic N) is 5. The lowest BCUT2D eigenvalue weighted by atomic mass is 9.93. The second-order valence-corrected chi connectivity index (χ2v) is 8.27. The van der Waals surface area contributed by atoms with Crippen LogP contribution in [0.15, 0.2) is 48.9 Å². The fraction of sp³-hybridized carbons (Fsp3) is 0.261. The van der Waals surface area contributed by atoms with Crippen molar-refractivity contribution in [2.45, 2.75) is 31.7 Å². The molecular formula is C23H21ClF2N6O. The number of aromatic nitrogens is 5. The largest absolute Gasteiger partial charge is 0.494 e. The Hall–Kier alpha value is -3.46. The molecule has 1 N–H and O–H groups in total. The van der Waals surface area contributed by atoms with Crippen LogP contribution >= 0.6 is 11.6 Å². The molecule has 0 spiro atoms. The van der Waals surface area contributed by atoms with Crippen LogP contribution in [-0.4, -0.2) is 31.4 Å². The summed E-state index contributed by atoms with van der Waals surface area (Å²) < 4.78 is 36.8. The van der Waals surface area contributed by atoms with Gasteiger partial charge >= 0.3 is 0 Å². The number of hydrogen-bond donors (Lipinski definition) is 1. The van der Waals surface area contributed by atoms with Gasteiger partial charge in [-0.3, -0.25) is 0 Å². The molecule has 33 heavy (non-hydrogen) atoms. The van der Waals surface area contributed by atoms with Gasteiger partial charge in [-0.15, -0.1) is 5.10 Å². The second kappa shape index (κ2) is 8.82. The highest BCUT2D eigenvalue weighted by atomic mass is 35.5. The first-order valence-corrected chi connectivity index (χ1v) is 10.9. The van der Waals surface area contributed by atoms with Gasteiger partial charge in [0, 0.05) is 36.5 Å². The summed E-state index contributed by atoms with van der Waals surface area (Å²) in [5.41, 5.74) is 2.08. The summed E-state index contributed by atoms with van der Waals surface area (Å²) in [7, 11) is 1.58. The zero-order valence-corrected chi connectivity index (χ0v) is 18.6. The third-order valence-electron chi connectivity index (χ3n) is 5.68. The number of benzene rings is 2. The first-order chi connectivity index (χ1) is 16.0. The van der Waals surface area contributed by atoms with Gasteiger partial charge in [0.15, 0.2) is 0 Å². The fourth-order valence-electron chi connectivity index (χ4n) is 4.19. The molecule has 7 nitrogen and oxygen atoms in total. The molecule has 5 rings (SSSR count). The number of ether oxygens (including phenoxy) is 1. The topological polar surface area (TPSA) is 69.8 Å². The van der Waals surface area contributed by atoms with Crippen LogP contribution in [0.5, 0.6) is 5.75 Å². The maximum atomic E-state index is 13.9. The van der Waals surface area contributed by atoms with Gasteiger partial charge in [-0.2, -0.15) is 4.98 Å². The Bertz CT molecular complexity index is 1280. The monoisotopic (exact) mass is 470 g/mol. The van der Waals surface area contributed by atoms with Crippen LogP contribution in [0.3, 0.4) is 0 Å². The Morgan fingerprint density at radius 3 is 2.67 bits per heavy atom. The van der Waals surface area contributed by atoms with Crippen molar-refractivity contribution in [1.82, 2.24) is 24.3 Å². The molecular weight excluding hydrogens is 450 g/mol. The van der Waals surface area contributed by atoms with E-state index in [1.807, 2.05) is 22.9 Å². The highest BCUT2D eigenvalue weighted by molar-refractivity contribution is 6.29. The molecule has 1 atom stereocenters.